The number of amides is 1. The van der Waals surface area contributed by atoms with Crippen LogP contribution in [0, 0.1) is 5.41 Å². The van der Waals surface area contributed by atoms with E-state index in [9.17, 15) is 14.7 Å². The van der Waals surface area contributed by atoms with E-state index in [1.807, 2.05) is 30.3 Å². The quantitative estimate of drug-likeness (QED) is 0.814. The first kappa shape index (κ1) is 17.0. The van der Waals surface area contributed by atoms with E-state index >= 15 is 0 Å². The van der Waals surface area contributed by atoms with Crippen molar-refractivity contribution in [1.82, 2.24) is 4.90 Å². The molecule has 1 saturated heterocycles. The van der Waals surface area contributed by atoms with Gasteiger partial charge in [-0.1, -0.05) is 49.6 Å². The summed E-state index contributed by atoms with van der Waals surface area (Å²) in [5.41, 5.74) is 0.706. The molecular formula is C19H25NO4. The molecule has 5 nitrogen and oxygen atoms in total. The smallest absolute Gasteiger partial charge is 0.329 e. The fraction of sp³-hybridized carbons (Fsp3) is 0.579. The highest BCUT2D eigenvalue weighted by atomic mass is 16.5. The van der Waals surface area contributed by atoms with Gasteiger partial charge in [-0.2, -0.15) is 0 Å². The van der Waals surface area contributed by atoms with Crippen molar-refractivity contribution < 1.29 is 19.4 Å². The average molecular weight is 331 g/mol. The van der Waals surface area contributed by atoms with E-state index in [0.29, 0.717) is 13.2 Å². The van der Waals surface area contributed by atoms with Crippen LogP contribution in [-0.2, 0) is 20.9 Å². The van der Waals surface area contributed by atoms with Gasteiger partial charge in [0.15, 0.2) is 6.04 Å². The Hall–Kier alpha value is -1.88. The third kappa shape index (κ3) is 3.18. The zero-order valence-electron chi connectivity index (χ0n) is 14.1. The van der Waals surface area contributed by atoms with Crippen LogP contribution in [0.3, 0.4) is 0 Å². The van der Waals surface area contributed by atoms with Crippen LogP contribution in [0.25, 0.3) is 0 Å². The lowest BCUT2D eigenvalue weighted by molar-refractivity contribution is -0.182. The fourth-order valence-corrected chi connectivity index (χ4v) is 3.98. The van der Waals surface area contributed by atoms with Crippen molar-refractivity contribution in [2.45, 2.75) is 57.8 Å². The molecule has 0 aromatic heterocycles. The molecule has 1 aromatic carbocycles. The molecule has 130 valence electrons. The number of carboxylic acid groups (broad SMARTS) is 1. The first-order chi connectivity index (χ1) is 11.5. The van der Waals surface area contributed by atoms with Gasteiger partial charge in [0.05, 0.1) is 18.1 Å². The molecule has 0 bridgehead atoms. The fourth-order valence-electron chi connectivity index (χ4n) is 3.98. The zero-order valence-corrected chi connectivity index (χ0v) is 14.1. The Morgan fingerprint density at radius 3 is 2.50 bits per heavy atom. The number of rotatable bonds is 6. The first-order valence-electron chi connectivity index (χ1n) is 8.73. The molecule has 0 radical (unpaired) electrons. The summed E-state index contributed by atoms with van der Waals surface area (Å²) in [6.07, 6.45) is 4.55. The van der Waals surface area contributed by atoms with E-state index in [4.69, 9.17) is 4.74 Å². The molecule has 1 heterocycles. The monoisotopic (exact) mass is 331 g/mol. The molecule has 1 saturated carbocycles. The molecule has 3 rings (SSSR count). The van der Waals surface area contributed by atoms with Crippen LogP contribution in [0.15, 0.2) is 30.3 Å². The van der Waals surface area contributed by atoms with Crippen molar-refractivity contribution in [3.05, 3.63) is 35.9 Å². The lowest BCUT2D eigenvalue weighted by atomic mass is 9.67. The van der Waals surface area contributed by atoms with Crippen molar-refractivity contribution >= 4 is 11.9 Å². The summed E-state index contributed by atoms with van der Waals surface area (Å²) < 4.78 is 5.76. The minimum absolute atomic E-state index is 0.00441. The molecule has 1 N–H and O–H groups in total. The van der Waals surface area contributed by atoms with Crippen molar-refractivity contribution in [2.75, 3.05) is 6.54 Å². The van der Waals surface area contributed by atoms with Crippen molar-refractivity contribution in [1.29, 1.82) is 0 Å². The second-order valence-electron chi connectivity index (χ2n) is 7.06. The Balaban J connectivity index is 1.62. The van der Waals surface area contributed by atoms with E-state index in [1.54, 1.807) is 6.92 Å². The van der Waals surface area contributed by atoms with Crippen molar-refractivity contribution in [3.63, 3.8) is 0 Å². The van der Waals surface area contributed by atoms with Gasteiger partial charge in [0.25, 0.3) is 0 Å². The van der Waals surface area contributed by atoms with Crippen LogP contribution in [-0.4, -0.2) is 40.6 Å². The third-order valence-electron chi connectivity index (χ3n) is 5.39. The van der Waals surface area contributed by atoms with Gasteiger partial charge in [-0.05, 0) is 25.3 Å². The number of β-lactam (4-membered cyclic amide) rings is 1. The second-order valence-corrected chi connectivity index (χ2v) is 7.06. The van der Waals surface area contributed by atoms with E-state index in [-0.39, 0.29) is 11.3 Å². The van der Waals surface area contributed by atoms with Gasteiger partial charge in [0.2, 0.25) is 5.91 Å². The van der Waals surface area contributed by atoms with Gasteiger partial charge in [-0.3, -0.25) is 4.79 Å². The maximum Gasteiger partial charge on any atom is 0.329 e. The van der Waals surface area contributed by atoms with Crippen LogP contribution >= 0.6 is 0 Å². The van der Waals surface area contributed by atoms with E-state index in [0.717, 1.165) is 31.2 Å². The Morgan fingerprint density at radius 1 is 1.25 bits per heavy atom. The maximum atomic E-state index is 12.7. The summed E-state index contributed by atoms with van der Waals surface area (Å²) in [7, 11) is 0. The Morgan fingerprint density at radius 2 is 1.92 bits per heavy atom. The highest BCUT2D eigenvalue weighted by Gasteiger charge is 2.56. The van der Waals surface area contributed by atoms with Crippen LogP contribution < -0.4 is 0 Å². The lowest BCUT2D eigenvalue weighted by Crippen LogP contribution is -2.68. The van der Waals surface area contributed by atoms with Gasteiger partial charge >= 0.3 is 5.97 Å². The van der Waals surface area contributed by atoms with Gasteiger partial charge in [0.1, 0.15) is 0 Å². The van der Waals surface area contributed by atoms with E-state index in [2.05, 4.69) is 0 Å². The Labute approximate surface area is 142 Å². The zero-order chi connectivity index (χ0) is 17.2. The predicted molar refractivity (Wildman–Crippen MR) is 89.3 cm³/mol. The molecule has 1 amide bonds. The largest absolute Gasteiger partial charge is 0.480 e. The van der Waals surface area contributed by atoms with Crippen molar-refractivity contribution in [3.8, 4) is 0 Å². The van der Waals surface area contributed by atoms with Gasteiger partial charge in [-0.15, -0.1) is 0 Å². The number of hydrogen-bond acceptors (Lipinski definition) is 3. The number of carboxylic acids is 1. The molecule has 2 unspecified atom stereocenters. The minimum Gasteiger partial charge on any atom is -0.480 e. The summed E-state index contributed by atoms with van der Waals surface area (Å²) >= 11 is 0. The highest BCUT2D eigenvalue weighted by molar-refractivity contribution is 5.93. The Bertz CT molecular complexity index is 595. The van der Waals surface area contributed by atoms with Crippen LogP contribution in [0.1, 0.15) is 44.6 Å². The highest BCUT2D eigenvalue weighted by Crippen LogP contribution is 2.46. The number of carbonyl (C=O) groups is 2. The molecule has 1 spiro atoms. The number of likely N-dealkylation sites (tertiary alicyclic amines) is 1. The SMILES string of the molecule is CC(OCc1ccccc1)C(C(=O)O)N1CC2(CCCCC2)C1=O. The van der Waals surface area contributed by atoms with Crippen LogP contribution in [0.4, 0.5) is 0 Å². The molecule has 2 fully saturated rings. The maximum absolute atomic E-state index is 12.7. The third-order valence-corrected chi connectivity index (χ3v) is 5.39. The number of hydrogen-bond donors (Lipinski definition) is 1. The molecule has 2 atom stereocenters. The normalized spacial score (nSPS) is 22.0. The van der Waals surface area contributed by atoms with Crippen LogP contribution in [0.5, 0.6) is 0 Å². The standard InChI is InChI=1S/C19H25NO4/c1-14(24-12-15-8-4-2-5-9-15)16(17(21)22)20-13-19(18(20)23)10-6-3-7-11-19/h2,4-5,8-9,14,16H,3,6-7,10-13H2,1H3,(H,21,22). The molecule has 2 aliphatic rings. The topological polar surface area (TPSA) is 66.8 Å². The average Bonchev–Trinajstić information content (AvgIpc) is 2.61. The van der Waals surface area contributed by atoms with E-state index in [1.165, 1.54) is 11.3 Å². The number of aliphatic carboxylic acids is 1. The van der Waals surface area contributed by atoms with Crippen LogP contribution in [0.2, 0.25) is 0 Å². The van der Waals surface area contributed by atoms with Gasteiger partial charge in [0, 0.05) is 6.54 Å². The molecule has 1 aliphatic heterocycles. The summed E-state index contributed by atoms with van der Waals surface area (Å²) in [6, 6.07) is 8.74. The van der Waals surface area contributed by atoms with Crippen molar-refractivity contribution in [2.24, 2.45) is 5.41 Å². The summed E-state index contributed by atoms with van der Waals surface area (Å²) in [5.74, 6) is -0.987. The predicted octanol–water partition coefficient (Wildman–Crippen LogP) is 2.84. The lowest BCUT2D eigenvalue weighted by Gasteiger charge is -2.53. The molecule has 1 aliphatic carbocycles. The summed E-state index contributed by atoms with van der Waals surface area (Å²) in [6.45, 7) is 2.64. The second kappa shape index (κ2) is 6.93. The van der Waals surface area contributed by atoms with Gasteiger partial charge < -0.3 is 14.7 Å². The number of benzene rings is 1. The summed E-state index contributed by atoms with van der Waals surface area (Å²) in [4.78, 5) is 25.9. The number of ether oxygens (including phenoxy) is 1. The number of nitrogens with zero attached hydrogens (tertiary/aromatic N) is 1. The molecule has 1 aromatic rings. The minimum atomic E-state index is -0.991. The molecule has 5 heteroatoms. The summed E-state index contributed by atoms with van der Waals surface area (Å²) in [5, 5.41) is 9.61. The van der Waals surface area contributed by atoms with E-state index < -0.39 is 18.1 Å². The molecular weight excluding hydrogens is 306 g/mol. The first-order valence-corrected chi connectivity index (χ1v) is 8.73. The number of carbonyl (C=O) groups excluding carboxylic acids is 1. The molecule has 24 heavy (non-hydrogen) atoms. The van der Waals surface area contributed by atoms with Gasteiger partial charge in [-0.25, -0.2) is 4.79 Å². The Kier molecular flexibility index (Phi) is 4.90.